The molecule has 146 valence electrons. The molecule has 0 aromatic carbocycles. The molecule has 2 amide bonds. The third kappa shape index (κ3) is 4.40. The fourth-order valence-electron chi connectivity index (χ4n) is 3.49. The molecule has 2 aromatic heterocycles. The Balaban J connectivity index is 1.67. The fourth-order valence-corrected chi connectivity index (χ4v) is 4.56. The molecule has 0 spiro atoms. The van der Waals surface area contributed by atoms with E-state index >= 15 is 0 Å². The number of carbonyl (C=O) groups is 2. The molecule has 3 rings (SSSR count). The average Bonchev–Trinajstić information content (AvgIpc) is 3.37. The Morgan fingerprint density at radius 1 is 1.37 bits per heavy atom. The molecule has 27 heavy (non-hydrogen) atoms. The van der Waals surface area contributed by atoms with Crippen molar-refractivity contribution in [3.63, 3.8) is 0 Å². The van der Waals surface area contributed by atoms with Gasteiger partial charge in [0.1, 0.15) is 5.76 Å². The van der Waals surface area contributed by atoms with Crippen molar-refractivity contribution in [1.82, 2.24) is 15.4 Å². The van der Waals surface area contributed by atoms with Crippen LogP contribution in [0.4, 0.5) is 0 Å². The summed E-state index contributed by atoms with van der Waals surface area (Å²) in [7, 11) is 0. The Hall–Kier alpha value is -2.15. The third-order valence-corrected chi connectivity index (χ3v) is 6.26. The van der Waals surface area contributed by atoms with E-state index in [9.17, 15) is 9.59 Å². The minimum Gasteiger partial charge on any atom is -0.361 e. The molecule has 3 heterocycles. The van der Waals surface area contributed by atoms with Crippen LogP contribution in [0.15, 0.2) is 16.7 Å². The van der Waals surface area contributed by atoms with Crippen molar-refractivity contribution in [3.8, 4) is 0 Å². The standard InChI is InChI=1S/C20H27N3O3S/c1-4-5-10-21-20(25)18-9-8-17(27-18)16-7-6-11-23(16)19(24)12-15-13(2)22-26-14(15)3/h8-9,16H,4-7,10-12H2,1-3H3,(H,21,25). The van der Waals surface area contributed by atoms with Crippen molar-refractivity contribution in [2.75, 3.05) is 13.1 Å². The SMILES string of the molecule is CCCCNC(=O)c1ccc(C2CCCN2C(=O)Cc2c(C)noc2C)s1. The quantitative estimate of drug-likeness (QED) is 0.731. The van der Waals surface area contributed by atoms with Crippen LogP contribution in [0.5, 0.6) is 0 Å². The first-order chi connectivity index (χ1) is 13.0. The van der Waals surface area contributed by atoms with Crippen molar-refractivity contribution >= 4 is 23.2 Å². The summed E-state index contributed by atoms with van der Waals surface area (Å²) in [5, 5.41) is 6.89. The lowest BCUT2D eigenvalue weighted by molar-refractivity contribution is -0.131. The molecule has 6 nitrogen and oxygen atoms in total. The summed E-state index contributed by atoms with van der Waals surface area (Å²) in [4.78, 5) is 28.9. The van der Waals surface area contributed by atoms with Gasteiger partial charge in [-0.15, -0.1) is 11.3 Å². The second kappa shape index (κ2) is 8.69. The number of amides is 2. The Morgan fingerprint density at radius 3 is 2.89 bits per heavy atom. The van der Waals surface area contributed by atoms with Gasteiger partial charge in [-0.25, -0.2) is 0 Å². The molecule has 1 aliphatic heterocycles. The van der Waals surface area contributed by atoms with Crippen LogP contribution in [0.3, 0.4) is 0 Å². The van der Waals surface area contributed by atoms with Crippen LogP contribution in [-0.4, -0.2) is 35.0 Å². The summed E-state index contributed by atoms with van der Waals surface area (Å²) in [5.41, 5.74) is 1.66. The van der Waals surface area contributed by atoms with Gasteiger partial charge in [-0.05, 0) is 45.2 Å². The normalized spacial score (nSPS) is 16.7. The number of hydrogen-bond acceptors (Lipinski definition) is 5. The van der Waals surface area contributed by atoms with E-state index in [1.165, 1.54) is 11.3 Å². The van der Waals surface area contributed by atoms with E-state index in [1.807, 2.05) is 30.9 Å². The van der Waals surface area contributed by atoms with E-state index < -0.39 is 0 Å². The predicted molar refractivity (Wildman–Crippen MR) is 105 cm³/mol. The first-order valence-corrected chi connectivity index (χ1v) is 10.4. The maximum atomic E-state index is 12.9. The molecule has 1 N–H and O–H groups in total. The molecule has 0 saturated carbocycles. The first kappa shape index (κ1) is 19.6. The minimum absolute atomic E-state index is 0.0219. The predicted octanol–water partition coefficient (Wildman–Crippen LogP) is 3.79. The molecule has 1 saturated heterocycles. The topological polar surface area (TPSA) is 75.4 Å². The van der Waals surface area contributed by atoms with Gasteiger partial charge in [-0.3, -0.25) is 9.59 Å². The van der Waals surface area contributed by atoms with Crippen LogP contribution in [-0.2, 0) is 11.2 Å². The summed E-state index contributed by atoms with van der Waals surface area (Å²) in [6, 6.07) is 3.92. The van der Waals surface area contributed by atoms with Gasteiger partial charge in [0, 0.05) is 23.5 Å². The molecule has 0 aliphatic carbocycles. The summed E-state index contributed by atoms with van der Waals surface area (Å²) >= 11 is 1.49. The summed E-state index contributed by atoms with van der Waals surface area (Å²) in [5.74, 6) is 0.777. The molecule has 2 aromatic rings. The van der Waals surface area contributed by atoms with Gasteiger partial charge in [0.2, 0.25) is 5.91 Å². The zero-order chi connectivity index (χ0) is 19.4. The molecule has 7 heteroatoms. The minimum atomic E-state index is -0.0219. The maximum absolute atomic E-state index is 12.9. The molecule has 1 aliphatic rings. The van der Waals surface area contributed by atoms with Crippen LogP contribution < -0.4 is 5.32 Å². The molecule has 1 unspecified atom stereocenters. The lowest BCUT2D eigenvalue weighted by atomic mass is 10.1. The lowest BCUT2D eigenvalue weighted by Gasteiger charge is -2.24. The number of thiophene rings is 1. The highest BCUT2D eigenvalue weighted by Crippen LogP contribution is 2.36. The second-order valence-corrected chi connectivity index (χ2v) is 8.15. The van der Waals surface area contributed by atoms with Crippen molar-refractivity contribution in [2.24, 2.45) is 0 Å². The first-order valence-electron chi connectivity index (χ1n) is 9.60. The maximum Gasteiger partial charge on any atom is 0.261 e. The van der Waals surface area contributed by atoms with Gasteiger partial charge in [-0.2, -0.15) is 0 Å². The average molecular weight is 390 g/mol. The number of hydrogen-bond donors (Lipinski definition) is 1. The Morgan fingerprint density at radius 2 is 2.19 bits per heavy atom. The fraction of sp³-hybridized carbons (Fsp3) is 0.550. The van der Waals surface area contributed by atoms with E-state index in [2.05, 4.69) is 17.4 Å². The third-order valence-electron chi connectivity index (χ3n) is 5.08. The van der Waals surface area contributed by atoms with E-state index in [1.54, 1.807) is 0 Å². The zero-order valence-corrected chi connectivity index (χ0v) is 17.0. The number of nitrogens with one attached hydrogen (secondary N) is 1. The molecule has 0 radical (unpaired) electrons. The second-order valence-electron chi connectivity index (χ2n) is 7.04. The van der Waals surface area contributed by atoms with Gasteiger partial charge >= 0.3 is 0 Å². The van der Waals surface area contributed by atoms with Crippen LogP contribution in [0.1, 0.15) is 70.2 Å². The molecule has 1 atom stereocenters. The van der Waals surface area contributed by atoms with Gasteiger partial charge in [0.05, 0.1) is 23.0 Å². The Labute approximate surface area is 163 Å². The largest absolute Gasteiger partial charge is 0.361 e. The van der Waals surface area contributed by atoms with Crippen LogP contribution >= 0.6 is 11.3 Å². The van der Waals surface area contributed by atoms with Crippen molar-refractivity contribution in [3.05, 3.63) is 38.9 Å². The number of carbonyl (C=O) groups excluding carboxylic acids is 2. The van der Waals surface area contributed by atoms with Crippen molar-refractivity contribution < 1.29 is 14.1 Å². The number of aromatic nitrogens is 1. The van der Waals surface area contributed by atoms with Crippen LogP contribution in [0.25, 0.3) is 0 Å². The highest BCUT2D eigenvalue weighted by Gasteiger charge is 2.32. The number of nitrogens with zero attached hydrogens (tertiary/aromatic N) is 2. The highest BCUT2D eigenvalue weighted by atomic mass is 32.1. The lowest BCUT2D eigenvalue weighted by Crippen LogP contribution is -2.31. The van der Waals surface area contributed by atoms with E-state index in [4.69, 9.17) is 4.52 Å². The van der Waals surface area contributed by atoms with Gasteiger partial charge in [0.25, 0.3) is 5.91 Å². The number of rotatable bonds is 7. The molecular formula is C20H27N3O3S. The summed E-state index contributed by atoms with van der Waals surface area (Å²) in [6.45, 7) is 7.26. The van der Waals surface area contributed by atoms with Gasteiger partial charge in [0.15, 0.2) is 0 Å². The van der Waals surface area contributed by atoms with E-state index in [0.717, 1.165) is 48.4 Å². The molecular weight excluding hydrogens is 362 g/mol. The number of unbranched alkanes of at least 4 members (excludes halogenated alkanes) is 1. The summed E-state index contributed by atoms with van der Waals surface area (Å²) in [6.07, 6.45) is 4.27. The van der Waals surface area contributed by atoms with Gasteiger partial charge in [-0.1, -0.05) is 18.5 Å². The number of aryl methyl sites for hydroxylation is 2. The van der Waals surface area contributed by atoms with Crippen molar-refractivity contribution in [1.29, 1.82) is 0 Å². The Kier molecular flexibility index (Phi) is 6.31. The van der Waals surface area contributed by atoms with Crippen LogP contribution in [0.2, 0.25) is 0 Å². The Bertz CT molecular complexity index is 792. The van der Waals surface area contributed by atoms with E-state index in [0.29, 0.717) is 23.6 Å². The van der Waals surface area contributed by atoms with Crippen LogP contribution in [0, 0.1) is 13.8 Å². The van der Waals surface area contributed by atoms with Crippen molar-refractivity contribution in [2.45, 2.75) is 58.9 Å². The zero-order valence-electron chi connectivity index (χ0n) is 16.2. The van der Waals surface area contributed by atoms with Gasteiger partial charge < -0.3 is 14.7 Å². The highest BCUT2D eigenvalue weighted by molar-refractivity contribution is 7.14. The number of likely N-dealkylation sites (tertiary alicyclic amines) is 1. The molecule has 0 bridgehead atoms. The monoisotopic (exact) mass is 389 g/mol. The van der Waals surface area contributed by atoms with E-state index in [-0.39, 0.29) is 17.9 Å². The smallest absolute Gasteiger partial charge is 0.261 e. The molecule has 1 fully saturated rings. The summed E-state index contributed by atoms with van der Waals surface area (Å²) < 4.78 is 5.18.